The van der Waals surface area contributed by atoms with E-state index in [-0.39, 0.29) is 0 Å². The quantitative estimate of drug-likeness (QED) is 0.560. The summed E-state index contributed by atoms with van der Waals surface area (Å²) in [4.78, 5) is 12.1. The van der Waals surface area contributed by atoms with Crippen molar-refractivity contribution in [3.8, 4) is 17.6 Å². The average Bonchev–Trinajstić information content (AvgIpc) is 2.27. The van der Waals surface area contributed by atoms with Crippen LogP contribution in [0.4, 0.5) is 0 Å². The molecule has 1 aromatic carbocycles. The lowest BCUT2D eigenvalue weighted by Gasteiger charge is -2.10. The van der Waals surface area contributed by atoms with Crippen LogP contribution in [0.3, 0.4) is 0 Å². The van der Waals surface area contributed by atoms with Crippen LogP contribution in [0.2, 0.25) is 0 Å². The van der Waals surface area contributed by atoms with Gasteiger partial charge in [0.15, 0.2) is 6.29 Å². The Morgan fingerprint density at radius 3 is 2.56 bits per heavy atom. The number of carbonyl (C=O) groups is 1. The molecule has 0 spiro atoms. The van der Waals surface area contributed by atoms with Gasteiger partial charge in [0.2, 0.25) is 0 Å². The molecule has 0 aliphatic heterocycles. The Bertz CT molecular complexity index is 385. The van der Waals surface area contributed by atoms with E-state index in [1.54, 1.807) is 0 Å². The van der Waals surface area contributed by atoms with Crippen molar-refractivity contribution in [2.75, 3.05) is 27.2 Å². The molecule has 0 aliphatic carbocycles. The Morgan fingerprint density at radius 2 is 2.00 bits per heavy atom. The molecule has 0 amide bonds. The van der Waals surface area contributed by atoms with E-state index in [2.05, 4.69) is 16.7 Å². The fourth-order valence-electron chi connectivity index (χ4n) is 1.09. The van der Waals surface area contributed by atoms with Gasteiger partial charge < -0.3 is 9.64 Å². The molecular formula is C13H15NO2. The fourth-order valence-corrected chi connectivity index (χ4v) is 1.09. The molecule has 0 atom stereocenters. The van der Waals surface area contributed by atoms with Crippen molar-refractivity contribution in [2.24, 2.45) is 0 Å². The average molecular weight is 217 g/mol. The van der Waals surface area contributed by atoms with E-state index >= 15 is 0 Å². The summed E-state index contributed by atoms with van der Waals surface area (Å²) in [6.45, 7) is 1.54. The molecule has 0 aromatic heterocycles. The molecule has 84 valence electrons. The summed E-state index contributed by atoms with van der Waals surface area (Å²) in [6, 6.07) is 7.37. The number of aldehydes is 1. The minimum absolute atomic E-state index is 0.585. The lowest BCUT2D eigenvalue weighted by Crippen LogP contribution is -2.19. The van der Waals surface area contributed by atoms with Gasteiger partial charge in [-0.25, -0.2) is 0 Å². The van der Waals surface area contributed by atoms with E-state index < -0.39 is 0 Å². The highest BCUT2D eigenvalue weighted by molar-refractivity contribution is 5.73. The SMILES string of the molecule is CN(C)CCOc1ccc(C#CC=O)cc1. The van der Waals surface area contributed by atoms with Crippen LogP contribution in [0.15, 0.2) is 24.3 Å². The molecule has 16 heavy (non-hydrogen) atoms. The third-order valence-corrected chi connectivity index (χ3v) is 1.94. The fraction of sp³-hybridized carbons (Fsp3) is 0.308. The first-order valence-electron chi connectivity index (χ1n) is 5.05. The number of benzene rings is 1. The summed E-state index contributed by atoms with van der Waals surface area (Å²) in [5, 5.41) is 0. The lowest BCUT2D eigenvalue weighted by atomic mass is 10.2. The second-order valence-electron chi connectivity index (χ2n) is 3.56. The van der Waals surface area contributed by atoms with Crippen LogP contribution in [0.5, 0.6) is 5.75 Å². The minimum Gasteiger partial charge on any atom is -0.492 e. The standard InChI is InChI=1S/C13H15NO2/c1-14(2)9-11-16-13-7-5-12(6-8-13)4-3-10-15/h5-8,10H,9,11H2,1-2H3. The van der Waals surface area contributed by atoms with Gasteiger partial charge in [-0.2, -0.15) is 0 Å². The number of hydrogen-bond acceptors (Lipinski definition) is 3. The molecule has 0 N–H and O–H groups in total. The van der Waals surface area contributed by atoms with Gasteiger partial charge in [0.1, 0.15) is 12.4 Å². The monoisotopic (exact) mass is 217 g/mol. The van der Waals surface area contributed by atoms with Crippen molar-refractivity contribution in [2.45, 2.75) is 0 Å². The van der Waals surface area contributed by atoms with E-state index in [1.165, 1.54) is 0 Å². The van der Waals surface area contributed by atoms with Gasteiger partial charge in [0.05, 0.1) is 0 Å². The molecule has 0 unspecified atom stereocenters. The highest BCUT2D eigenvalue weighted by Gasteiger charge is 1.94. The molecule has 0 heterocycles. The van der Waals surface area contributed by atoms with Gasteiger partial charge in [0.25, 0.3) is 0 Å². The maximum atomic E-state index is 10.0. The Morgan fingerprint density at radius 1 is 1.31 bits per heavy atom. The predicted molar refractivity (Wildman–Crippen MR) is 63.4 cm³/mol. The zero-order chi connectivity index (χ0) is 11.8. The highest BCUT2D eigenvalue weighted by Crippen LogP contribution is 2.11. The van der Waals surface area contributed by atoms with Crippen molar-refractivity contribution >= 4 is 6.29 Å². The number of nitrogens with zero attached hydrogens (tertiary/aromatic N) is 1. The molecule has 0 aliphatic rings. The molecule has 3 nitrogen and oxygen atoms in total. The van der Waals surface area contributed by atoms with Gasteiger partial charge in [-0.05, 0) is 44.3 Å². The summed E-state index contributed by atoms with van der Waals surface area (Å²) in [6.07, 6.45) is 0.585. The van der Waals surface area contributed by atoms with Crippen LogP contribution in [-0.2, 0) is 4.79 Å². The van der Waals surface area contributed by atoms with Gasteiger partial charge in [-0.1, -0.05) is 5.92 Å². The van der Waals surface area contributed by atoms with E-state index in [4.69, 9.17) is 4.74 Å². The molecule has 0 bridgehead atoms. The van der Waals surface area contributed by atoms with Crippen LogP contribution in [0, 0.1) is 11.8 Å². The zero-order valence-electron chi connectivity index (χ0n) is 9.56. The maximum absolute atomic E-state index is 10.0. The van der Waals surface area contributed by atoms with E-state index in [0.29, 0.717) is 12.9 Å². The number of likely N-dealkylation sites (N-methyl/N-ethyl adjacent to an activating group) is 1. The summed E-state index contributed by atoms with van der Waals surface area (Å²) in [7, 11) is 4.00. The largest absolute Gasteiger partial charge is 0.492 e. The Balaban J connectivity index is 2.48. The maximum Gasteiger partial charge on any atom is 0.193 e. The highest BCUT2D eigenvalue weighted by atomic mass is 16.5. The first kappa shape index (κ1) is 12.3. The molecule has 0 saturated carbocycles. The van der Waals surface area contributed by atoms with Crippen LogP contribution < -0.4 is 4.74 Å². The number of rotatable bonds is 4. The number of carbonyl (C=O) groups excluding carboxylic acids is 1. The second kappa shape index (κ2) is 6.65. The second-order valence-corrected chi connectivity index (χ2v) is 3.56. The molecule has 1 rings (SSSR count). The van der Waals surface area contributed by atoms with Crippen molar-refractivity contribution in [3.63, 3.8) is 0 Å². The van der Waals surface area contributed by atoms with Gasteiger partial charge in [-0.3, -0.25) is 4.79 Å². The van der Waals surface area contributed by atoms with Crippen LogP contribution in [0.1, 0.15) is 5.56 Å². The first-order chi connectivity index (χ1) is 7.72. The molecule has 0 saturated heterocycles. The van der Waals surface area contributed by atoms with E-state index in [9.17, 15) is 4.79 Å². The zero-order valence-corrected chi connectivity index (χ0v) is 9.56. The third-order valence-electron chi connectivity index (χ3n) is 1.94. The smallest absolute Gasteiger partial charge is 0.193 e. The Hall–Kier alpha value is -1.79. The predicted octanol–water partition coefficient (Wildman–Crippen LogP) is 1.18. The van der Waals surface area contributed by atoms with Gasteiger partial charge in [0, 0.05) is 12.1 Å². The van der Waals surface area contributed by atoms with E-state index in [0.717, 1.165) is 17.9 Å². The number of hydrogen-bond donors (Lipinski definition) is 0. The Labute approximate surface area is 96.0 Å². The molecule has 3 heteroatoms. The van der Waals surface area contributed by atoms with Crippen molar-refractivity contribution < 1.29 is 9.53 Å². The lowest BCUT2D eigenvalue weighted by molar-refractivity contribution is -0.103. The van der Waals surface area contributed by atoms with Crippen LogP contribution in [0.25, 0.3) is 0 Å². The van der Waals surface area contributed by atoms with Crippen LogP contribution >= 0.6 is 0 Å². The third kappa shape index (κ3) is 4.63. The normalized spacial score (nSPS) is 9.44. The van der Waals surface area contributed by atoms with Crippen molar-refractivity contribution in [3.05, 3.63) is 29.8 Å². The van der Waals surface area contributed by atoms with Crippen molar-refractivity contribution in [1.29, 1.82) is 0 Å². The summed E-state index contributed by atoms with van der Waals surface area (Å²) >= 11 is 0. The summed E-state index contributed by atoms with van der Waals surface area (Å²) < 4.78 is 5.52. The summed E-state index contributed by atoms with van der Waals surface area (Å²) in [5.74, 6) is 5.90. The molecule has 0 radical (unpaired) electrons. The van der Waals surface area contributed by atoms with Crippen LogP contribution in [-0.4, -0.2) is 38.4 Å². The van der Waals surface area contributed by atoms with Gasteiger partial charge in [-0.15, -0.1) is 0 Å². The molecular weight excluding hydrogens is 202 g/mol. The topological polar surface area (TPSA) is 29.5 Å². The van der Waals surface area contributed by atoms with Gasteiger partial charge >= 0.3 is 0 Å². The molecule has 1 aromatic rings. The summed E-state index contributed by atoms with van der Waals surface area (Å²) in [5.41, 5.74) is 0.812. The Kier molecular flexibility index (Phi) is 5.10. The number of ether oxygens (including phenoxy) is 1. The molecule has 0 fully saturated rings. The van der Waals surface area contributed by atoms with E-state index in [1.807, 2.05) is 38.4 Å². The first-order valence-corrected chi connectivity index (χ1v) is 5.05. The minimum atomic E-state index is 0.585. The van der Waals surface area contributed by atoms with Crippen molar-refractivity contribution in [1.82, 2.24) is 4.90 Å².